The number of nitrogens with zero attached hydrogens (tertiary/aromatic N) is 1. The van der Waals surface area contributed by atoms with Crippen molar-refractivity contribution in [3.8, 4) is 0 Å². The van der Waals surface area contributed by atoms with Crippen molar-refractivity contribution in [2.24, 2.45) is 17.6 Å². The summed E-state index contributed by atoms with van der Waals surface area (Å²) in [6.07, 6.45) is 6.50. The molecule has 20 heavy (non-hydrogen) atoms. The van der Waals surface area contributed by atoms with E-state index in [4.69, 9.17) is 10.5 Å². The van der Waals surface area contributed by atoms with Crippen LogP contribution in [0.1, 0.15) is 59.8 Å². The van der Waals surface area contributed by atoms with E-state index >= 15 is 0 Å². The molecule has 0 bridgehead atoms. The van der Waals surface area contributed by atoms with Crippen LogP contribution in [0.5, 0.6) is 0 Å². The third-order valence-corrected chi connectivity index (χ3v) is 5.29. The Morgan fingerprint density at radius 3 is 2.40 bits per heavy atom. The van der Waals surface area contributed by atoms with Gasteiger partial charge in [-0.1, -0.05) is 26.7 Å². The second-order valence-corrected chi connectivity index (χ2v) is 7.14. The van der Waals surface area contributed by atoms with Crippen LogP contribution < -0.4 is 5.73 Å². The molecule has 0 aromatic rings. The molecule has 1 saturated carbocycles. The van der Waals surface area contributed by atoms with Crippen LogP contribution in [0.25, 0.3) is 0 Å². The van der Waals surface area contributed by atoms with E-state index < -0.39 is 0 Å². The van der Waals surface area contributed by atoms with E-state index in [0.717, 1.165) is 31.5 Å². The summed E-state index contributed by atoms with van der Waals surface area (Å²) in [7, 11) is 1.79. The topological polar surface area (TPSA) is 38.5 Å². The van der Waals surface area contributed by atoms with Crippen molar-refractivity contribution in [1.82, 2.24) is 4.90 Å². The summed E-state index contributed by atoms with van der Waals surface area (Å²) >= 11 is 0. The number of methoxy groups -OCH3 is 1. The van der Waals surface area contributed by atoms with E-state index in [0.29, 0.717) is 6.04 Å². The molecule has 1 aliphatic carbocycles. The number of ether oxygens (including phenoxy) is 1. The van der Waals surface area contributed by atoms with Crippen LogP contribution in [0.2, 0.25) is 0 Å². The van der Waals surface area contributed by atoms with Gasteiger partial charge in [0, 0.05) is 31.8 Å². The SMILES string of the molecule is COCCN(C(C)C)C1(CN)CCCC(C(C)C)CC1. The average Bonchev–Trinajstić information content (AvgIpc) is 2.62. The molecule has 120 valence electrons. The molecule has 3 heteroatoms. The van der Waals surface area contributed by atoms with Crippen LogP contribution >= 0.6 is 0 Å². The normalized spacial score (nSPS) is 28.4. The first-order valence-electron chi connectivity index (χ1n) is 8.42. The molecule has 1 aliphatic rings. The lowest BCUT2D eigenvalue weighted by atomic mass is 9.84. The predicted molar refractivity (Wildman–Crippen MR) is 86.9 cm³/mol. The lowest BCUT2D eigenvalue weighted by Crippen LogP contribution is -2.57. The zero-order valence-electron chi connectivity index (χ0n) is 14.3. The highest BCUT2D eigenvalue weighted by Gasteiger charge is 2.38. The summed E-state index contributed by atoms with van der Waals surface area (Å²) in [4.78, 5) is 2.61. The Balaban J connectivity index is 2.82. The van der Waals surface area contributed by atoms with Crippen LogP contribution in [-0.4, -0.2) is 43.3 Å². The summed E-state index contributed by atoms with van der Waals surface area (Å²) < 4.78 is 5.31. The molecular weight excluding hydrogens is 248 g/mol. The molecule has 0 aliphatic heterocycles. The predicted octanol–water partition coefficient (Wildman–Crippen LogP) is 3.28. The van der Waals surface area contributed by atoms with Crippen molar-refractivity contribution < 1.29 is 4.74 Å². The second kappa shape index (κ2) is 8.35. The van der Waals surface area contributed by atoms with Crippen molar-refractivity contribution in [1.29, 1.82) is 0 Å². The van der Waals surface area contributed by atoms with Crippen molar-refractivity contribution in [3.05, 3.63) is 0 Å². The number of nitrogens with two attached hydrogens (primary N) is 1. The Kier molecular flexibility index (Phi) is 7.49. The van der Waals surface area contributed by atoms with Gasteiger partial charge < -0.3 is 10.5 Å². The molecule has 2 atom stereocenters. The molecule has 0 radical (unpaired) electrons. The molecule has 0 saturated heterocycles. The van der Waals surface area contributed by atoms with E-state index in [1.165, 1.54) is 32.1 Å². The van der Waals surface area contributed by atoms with Gasteiger partial charge in [-0.25, -0.2) is 0 Å². The highest BCUT2D eigenvalue weighted by atomic mass is 16.5. The standard InChI is InChI=1S/C17H36N2O/c1-14(2)16-7-6-9-17(13-18,10-8-16)19(15(3)4)11-12-20-5/h14-16H,6-13,18H2,1-5H3. The van der Waals surface area contributed by atoms with Gasteiger partial charge >= 0.3 is 0 Å². The molecule has 0 amide bonds. The van der Waals surface area contributed by atoms with Gasteiger partial charge in [-0.2, -0.15) is 0 Å². The molecule has 1 fully saturated rings. The zero-order chi connectivity index (χ0) is 15.2. The lowest BCUT2D eigenvalue weighted by Gasteiger charge is -2.46. The number of rotatable bonds is 7. The first-order valence-corrected chi connectivity index (χ1v) is 8.42. The van der Waals surface area contributed by atoms with Crippen molar-refractivity contribution in [3.63, 3.8) is 0 Å². The molecule has 2 unspecified atom stereocenters. The van der Waals surface area contributed by atoms with Gasteiger partial charge in [0.05, 0.1) is 6.61 Å². The monoisotopic (exact) mass is 284 g/mol. The zero-order valence-corrected chi connectivity index (χ0v) is 14.3. The smallest absolute Gasteiger partial charge is 0.0590 e. The molecule has 1 rings (SSSR count). The summed E-state index contributed by atoms with van der Waals surface area (Å²) in [6, 6.07) is 0.532. The summed E-state index contributed by atoms with van der Waals surface area (Å²) in [5, 5.41) is 0. The Labute approximate surface area is 126 Å². The summed E-state index contributed by atoms with van der Waals surface area (Å²) in [5.41, 5.74) is 6.45. The van der Waals surface area contributed by atoms with Gasteiger partial charge in [0.25, 0.3) is 0 Å². The van der Waals surface area contributed by atoms with Gasteiger partial charge in [0.15, 0.2) is 0 Å². The Morgan fingerprint density at radius 1 is 1.20 bits per heavy atom. The third kappa shape index (κ3) is 4.44. The van der Waals surface area contributed by atoms with Gasteiger partial charge in [0.1, 0.15) is 0 Å². The number of hydrogen-bond donors (Lipinski definition) is 1. The Bertz CT molecular complexity index is 268. The minimum Gasteiger partial charge on any atom is -0.383 e. The number of hydrogen-bond acceptors (Lipinski definition) is 3. The highest BCUT2D eigenvalue weighted by molar-refractivity contribution is 4.96. The molecule has 0 spiro atoms. The van der Waals surface area contributed by atoms with Gasteiger partial charge in [-0.05, 0) is 44.9 Å². The van der Waals surface area contributed by atoms with Crippen LogP contribution in [-0.2, 0) is 4.74 Å². The molecular formula is C17H36N2O. The van der Waals surface area contributed by atoms with Crippen LogP contribution in [0.4, 0.5) is 0 Å². The molecule has 3 nitrogen and oxygen atoms in total. The maximum Gasteiger partial charge on any atom is 0.0590 e. The highest BCUT2D eigenvalue weighted by Crippen LogP contribution is 2.37. The molecule has 0 aromatic heterocycles. The minimum atomic E-state index is 0.191. The summed E-state index contributed by atoms with van der Waals surface area (Å²) in [5.74, 6) is 1.68. The molecule has 0 heterocycles. The van der Waals surface area contributed by atoms with Crippen molar-refractivity contribution in [2.75, 3.05) is 26.8 Å². The van der Waals surface area contributed by atoms with E-state index in [1.54, 1.807) is 7.11 Å². The molecule has 2 N–H and O–H groups in total. The lowest BCUT2D eigenvalue weighted by molar-refractivity contribution is 0.0229. The van der Waals surface area contributed by atoms with E-state index in [2.05, 4.69) is 32.6 Å². The largest absolute Gasteiger partial charge is 0.383 e. The summed E-state index contributed by atoms with van der Waals surface area (Å²) in [6.45, 7) is 11.9. The van der Waals surface area contributed by atoms with Crippen LogP contribution in [0, 0.1) is 11.8 Å². The van der Waals surface area contributed by atoms with Crippen molar-refractivity contribution >= 4 is 0 Å². The van der Waals surface area contributed by atoms with Crippen LogP contribution in [0.3, 0.4) is 0 Å². The fourth-order valence-corrected chi connectivity index (χ4v) is 3.92. The van der Waals surface area contributed by atoms with Crippen LogP contribution in [0.15, 0.2) is 0 Å². The quantitative estimate of drug-likeness (QED) is 0.729. The first-order chi connectivity index (χ1) is 9.46. The second-order valence-electron chi connectivity index (χ2n) is 7.14. The van der Waals surface area contributed by atoms with Gasteiger partial charge in [-0.15, -0.1) is 0 Å². The van der Waals surface area contributed by atoms with E-state index in [9.17, 15) is 0 Å². The van der Waals surface area contributed by atoms with E-state index in [-0.39, 0.29) is 5.54 Å². The minimum absolute atomic E-state index is 0.191. The van der Waals surface area contributed by atoms with Gasteiger partial charge in [0.2, 0.25) is 0 Å². The van der Waals surface area contributed by atoms with Crippen molar-refractivity contribution in [2.45, 2.75) is 71.4 Å². The fourth-order valence-electron chi connectivity index (χ4n) is 3.92. The Morgan fingerprint density at radius 2 is 1.90 bits per heavy atom. The third-order valence-electron chi connectivity index (χ3n) is 5.29. The van der Waals surface area contributed by atoms with E-state index in [1.807, 2.05) is 0 Å². The Hall–Kier alpha value is -0.120. The average molecular weight is 284 g/mol. The molecule has 0 aromatic carbocycles. The maximum absolute atomic E-state index is 6.26. The fraction of sp³-hybridized carbons (Fsp3) is 1.00. The first kappa shape index (κ1) is 17.9. The van der Waals surface area contributed by atoms with Gasteiger partial charge in [-0.3, -0.25) is 4.90 Å². The maximum atomic E-state index is 6.26.